The Morgan fingerprint density at radius 1 is 1.13 bits per heavy atom. The third-order valence-electron chi connectivity index (χ3n) is 3.28. The number of hydrogen-bond acceptors (Lipinski definition) is 4. The second kappa shape index (κ2) is 6.75. The predicted octanol–water partition coefficient (Wildman–Crippen LogP) is 3.60. The number of carbonyl (C=O) groups excluding carboxylic acids is 1. The van der Waals surface area contributed by atoms with Crippen molar-refractivity contribution in [2.24, 2.45) is 5.16 Å². The summed E-state index contributed by atoms with van der Waals surface area (Å²) in [6, 6.07) is 16.9. The summed E-state index contributed by atoms with van der Waals surface area (Å²) in [4.78, 5) is 16.8. The number of hydrogen-bond donors (Lipinski definition) is 0. The second-order valence-corrected chi connectivity index (χ2v) is 4.91. The van der Waals surface area contributed by atoms with Crippen LogP contribution in [0.5, 0.6) is 5.75 Å². The van der Waals surface area contributed by atoms with Crippen LogP contribution in [0.3, 0.4) is 0 Å². The molecule has 1 heterocycles. The fourth-order valence-corrected chi connectivity index (χ4v) is 2.23. The number of benzene rings is 2. The van der Waals surface area contributed by atoms with Crippen LogP contribution in [0.15, 0.2) is 78.0 Å². The molecule has 0 N–H and O–H groups in total. The molecule has 23 heavy (non-hydrogen) atoms. The Hall–Kier alpha value is -3.14. The number of nitrogens with zero attached hydrogens (tertiary/aromatic N) is 1. The van der Waals surface area contributed by atoms with E-state index < -0.39 is 5.97 Å². The van der Waals surface area contributed by atoms with Crippen molar-refractivity contribution < 1.29 is 14.4 Å². The first-order valence-corrected chi connectivity index (χ1v) is 7.18. The summed E-state index contributed by atoms with van der Waals surface area (Å²) in [5, 5.41) is 3.89. The van der Waals surface area contributed by atoms with Crippen molar-refractivity contribution in [2.75, 3.05) is 6.61 Å². The summed E-state index contributed by atoms with van der Waals surface area (Å²) < 4.78 is 5.50. The van der Waals surface area contributed by atoms with Crippen molar-refractivity contribution in [1.29, 1.82) is 0 Å². The van der Waals surface area contributed by atoms with Gasteiger partial charge in [-0.05, 0) is 23.8 Å². The number of rotatable bonds is 5. The van der Waals surface area contributed by atoms with Gasteiger partial charge in [-0.25, -0.2) is 4.79 Å². The van der Waals surface area contributed by atoms with Gasteiger partial charge in [-0.2, -0.15) is 0 Å². The third kappa shape index (κ3) is 3.37. The van der Waals surface area contributed by atoms with E-state index in [1.165, 1.54) is 0 Å². The van der Waals surface area contributed by atoms with Gasteiger partial charge < -0.3 is 9.57 Å². The predicted molar refractivity (Wildman–Crippen MR) is 89.2 cm³/mol. The minimum Gasteiger partial charge on any atom is -0.490 e. The molecule has 1 aliphatic rings. The van der Waals surface area contributed by atoms with E-state index in [-0.39, 0.29) is 0 Å². The first-order valence-electron chi connectivity index (χ1n) is 7.18. The van der Waals surface area contributed by atoms with Gasteiger partial charge in [0.2, 0.25) is 0 Å². The highest BCUT2D eigenvalue weighted by Gasteiger charge is 2.26. The van der Waals surface area contributed by atoms with Crippen LogP contribution in [0.2, 0.25) is 0 Å². The molecule has 3 rings (SSSR count). The van der Waals surface area contributed by atoms with Crippen LogP contribution in [-0.4, -0.2) is 18.3 Å². The number of ether oxygens (including phenoxy) is 1. The SMILES string of the molecule is C=CCOc1cccc(/C=C2/C(=O)ON=C2c2ccccc2)c1. The second-order valence-electron chi connectivity index (χ2n) is 4.91. The smallest absolute Gasteiger partial charge is 0.368 e. The van der Waals surface area contributed by atoms with E-state index in [2.05, 4.69) is 11.7 Å². The molecule has 0 unspecified atom stereocenters. The zero-order valence-electron chi connectivity index (χ0n) is 12.4. The van der Waals surface area contributed by atoms with E-state index in [0.717, 1.165) is 11.1 Å². The summed E-state index contributed by atoms with van der Waals surface area (Å²) in [6.07, 6.45) is 3.43. The first kappa shape index (κ1) is 14.8. The van der Waals surface area contributed by atoms with Gasteiger partial charge in [0.25, 0.3) is 0 Å². The van der Waals surface area contributed by atoms with Gasteiger partial charge in [-0.1, -0.05) is 60.3 Å². The van der Waals surface area contributed by atoms with Crippen LogP contribution < -0.4 is 4.74 Å². The van der Waals surface area contributed by atoms with Gasteiger partial charge in [0.15, 0.2) is 0 Å². The summed E-state index contributed by atoms with van der Waals surface area (Å²) in [7, 11) is 0. The van der Waals surface area contributed by atoms with E-state index in [1.807, 2.05) is 54.6 Å². The van der Waals surface area contributed by atoms with Crippen LogP contribution in [0.25, 0.3) is 6.08 Å². The van der Waals surface area contributed by atoms with Crippen LogP contribution in [0, 0.1) is 0 Å². The van der Waals surface area contributed by atoms with Crippen molar-refractivity contribution in [3.63, 3.8) is 0 Å². The molecule has 2 aromatic carbocycles. The van der Waals surface area contributed by atoms with E-state index in [9.17, 15) is 4.79 Å². The summed E-state index contributed by atoms with van der Waals surface area (Å²) in [5.41, 5.74) is 2.64. The fourth-order valence-electron chi connectivity index (χ4n) is 2.23. The monoisotopic (exact) mass is 305 g/mol. The van der Waals surface area contributed by atoms with Crippen molar-refractivity contribution in [2.45, 2.75) is 0 Å². The zero-order valence-corrected chi connectivity index (χ0v) is 12.4. The summed E-state index contributed by atoms with van der Waals surface area (Å²) in [6.45, 7) is 4.05. The zero-order chi connectivity index (χ0) is 16.1. The average molecular weight is 305 g/mol. The molecular weight excluding hydrogens is 290 g/mol. The molecule has 0 amide bonds. The van der Waals surface area contributed by atoms with Crippen molar-refractivity contribution >= 4 is 17.8 Å². The lowest BCUT2D eigenvalue weighted by molar-refractivity contribution is -0.136. The normalized spacial score (nSPS) is 15.2. The van der Waals surface area contributed by atoms with Gasteiger partial charge in [0.1, 0.15) is 18.1 Å². The molecule has 0 aliphatic carbocycles. The first-order chi connectivity index (χ1) is 11.3. The Morgan fingerprint density at radius 2 is 1.96 bits per heavy atom. The lowest BCUT2D eigenvalue weighted by Crippen LogP contribution is -2.06. The molecular formula is C19H15NO3. The minimum atomic E-state index is -0.457. The molecule has 2 aromatic rings. The highest BCUT2D eigenvalue weighted by molar-refractivity contribution is 6.31. The molecule has 0 fully saturated rings. The molecule has 114 valence electrons. The van der Waals surface area contributed by atoms with E-state index >= 15 is 0 Å². The Kier molecular flexibility index (Phi) is 4.34. The van der Waals surface area contributed by atoms with Gasteiger partial charge in [-0.15, -0.1) is 0 Å². The molecule has 0 spiro atoms. The maximum absolute atomic E-state index is 12.0. The fraction of sp³-hybridized carbons (Fsp3) is 0.0526. The molecule has 1 aliphatic heterocycles. The molecule has 0 aromatic heterocycles. The topological polar surface area (TPSA) is 47.9 Å². The lowest BCUT2D eigenvalue weighted by Gasteiger charge is -2.04. The molecule has 0 bridgehead atoms. The van der Waals surface area contributed by atoms with E-state index in [0.29, 0.717) is 23.6 Å². The molecule has 4 heteroatoms. The Labute approximate surface area is 134 Å². The van der Waals surface area contributed by atoms with Gasteiger partial charge in [0, 0.05) is 5.56 Å². The summed E-state index contributed by atoms with van der Waals surface area (Å²) in [5.74, 6) is 0.255. The molecule has 0 radical (unpaired) electrons. The minimum absolute atomic E-state index is 0.428. The van der Waals surface area contributed by atoms with Crippen molar-refractivity contribution in [3.05, 3.63) is 84.0 Å². The average Bonchev–Trinajstić information content (AvgIpc) is 2.95. The van der Waals surface area contributed by atoms with Crippen LogP contribution in [-0.2, 0) is 9.63 Å². The van der Waals surface area contributed by atoms with E-state index in [1.54, 1.807) is 12.2 Å². The maximum Gasteiger partial charge on any atom is 0.368 e. The molecule has 0 saturated heterocycles. The summed E-state index contributed by atoms with van der Waals surface area (Å²) >= 11 is 0. The van der Waals surface area contributed by atoms with Crippen LogP contribution in [0.1, 0.15) is 11.1 Å². The third-order valence-corrected chi connectivity index (χ3v) is 3.28. The quantitative estimate of drug-likeness (QED) is 0.482. The van der Waals surface area contributed by atoms with Crippen LogP contribution in [0.4, 0.5) is 0 Å². The van der Waals surface area contributed by atoms with Crippen molar-refractivity contribution in [1.82, 2.24) is 0 Å². The Balaban J connectivity index is 1.92. The largest absolute Gasteiger partial charge is 0.490 e. The molecule has 0 saturated carbocycles. The van der Waals surface area contributed by atoms with E-state index in [4.69, 9.17) is 9.57 Å². The van der Waals surface area contributed by atoms with Crippen LogP contribution >= 0.6 is 0 Å². The van der Waals surface area contributed by atoms with Gasteiger partial charge >= 0.3 is 5.97 Å². The standard InChI is InChI=1S/C19H15NO3/c1-2-11-22-16-10-6-7-14(12-16)13-17-18(20-23-19(17)21)15-8-4-3-5-9-15/h2-10,12-13H,1,11H2/b17-13+. The van der Waals surface area contributed by atoms with Crippen molar-refractivity contribution in [3.8, 4) is 5.75 Å². The molecule has 0 atom stereocenters. The maximum atomic E-state index is 12.0. The Bertz CT molecular complexity index is 791. The highest BCUT2D eigenvalue weighted by atomic mass is 16.7. The number of oxime groups is 1. The highest BCUT2D eigenvalue weighted by Crippen LogP contribution is 2.22. The Morgan fingerprint density at radius 3 is 2.74 bits per heavy atom. The lowest BCUT2D eigenvalue weighted by atomic mass is 10.0. The van der Waals surface area contributed by atoms with Gasteiger partial charge in [-0.3, -0.25) is 0 Å². The molecule has 4 nitrogen and oxygen atoms in total. The van der Waals surface area contributed by atoms with Gasteiger partial charge in [0.05, 0.1) is 5.57 Å². The number of carbonyl (C=O) groups is 1.